The number of hydrogen-bond acceptors (Lipinski definition) is 3. The average Bonchev–Trinajstić information content (AvgIpc) is 3.51. The molecule has 0 saturated heterocycles. The van der Waals surface area contributed by atoms with E-state index < -0.39 is 11.8 Å². The van der Waals surface area contributed by atoms with E-state index in [9.17, 15) is 13.6 Å². The van der Waals surface area contributed by atoms with Gasteiger partial charge in [-0.05, 0) is 66.8 Å². The van der Waals surface area contributed by atoms with Crippen LogP contribution in [0.2, 0.25) is 0 Å². The lowest BCUT2D eigenvalue weighted by Gasteiger charge is -2.07. The van der Waals surface area contributed by atoms with E-state index >= 15 is 0 Å². The number of rotatable bonds is 5. The van der Waals surface area contributed by atoms with Crippen molar-refractivity contribution in [2.24, 2.45) is 11.1 Å². The largest absolute Gasteiger partial charge is 0.365 e. The van der Waals surface area contributed by atoms with Crippen LogP contribution in [0.1, 0.15) is 39.4 Å². The predicted molar refractivity (Wildman–Crippen MR) is 107 cm³/mol. The lowest BCUT2D eigenvalue weighted by Crippen LogP contribution is -2.09. The summed E-state index contributed by atoms with van der Waals surface area (Å²) < 4.78 is 26.4. The molecule has 2 atom stereocenters. The Morgan fingerprint density at radius 3 is 2.00 bits per heavy atom. The number of nitrogens with zero attached hydrogens (tertiary/aromatic N) is 1. The SMILES string of the molecule is Cc1ccc([C@@H]2C[C@H]2/C(=N\OC(=O)c2ccc(F)cc2)c2ccc(F)cc2)cc1. The lowest BCUT2D eigenvalue weighted by molar-refractivity contribution is 0.0515. The molecule has 0 radical (unpaired) electrons. The van der Waals surface area contributed by atoms with Crippen LogP contribution in [0.5, 0.6) is 0 Å². The molecule has 0 unspecified atom stereocenters. The zero-order valence-corrected chi connectivity index (χ0v) is 15.8. The van der Waals surface area contributed by atoms with Crippen LogP contribution in [-0.4, -0.2) is 11.7 Å². The molecule has 1 aliphatic carbocycles. The number of hydrogen-bond donors (Lipinski definition) is 0. The molecular formula is C24H19F2NO2. The molecule has 5 heteroatoms. The maximum atomic E-state index is 13.4. The number of aryl methyl sites for hydroxylation is 1. The molecule has 29 heavy (non-hydrogen) atoms. The standard InChI is InChI=1S/C24H19F2NO2/c1-15-2-4-16(5-3-15)21-14-22(21)23(17-6-10-19(25)11-7-17)27-29-24(28)18-8-12-20(26)13-9-18/h2-13,21-22H,14H2,1H3/b27-23-/t21-,22+/m0/s1. The van der Waals surface area contributed by atoms with Gasteiger partial charge >= 0.3 is 5.97 Å². The van der Waals surface area contributed by atoms with E-state index in [1.807, 2.05) is 6.92 Å². The van der Waals surface area contributed by atoms with Crippen molar-refractivity contribution in [3.63, 3.8) is 0 Å². The summed E-state index contributed by atoms with van der Waals surface area (Å²) in [6, 6.07) is 19.3. The quantitative estimate of drug-likeness (QED) is 0.321. The molecule has 146 valence electrons. The first-order chi connectivity index (χ1) is 14.0. The number of halogens is 2. The molecule has 3 aromatic rings. The van der Waals surface area contributed by atoms with Crippen LogP contribution < -0.4 is 0 Å². The van der Waals surface area contributed by atoms with Crippen molar-refractivity contribution in [1.29, 1.82) is 0 Å². The third-order valence-corrected chi connectivity index (χ3v) is 5.09. The summed E-state index contributed by atoms with van der Waals surface area (Å²) in [6.07, 6.45) is 0.868. The second kappa shape index (κ2) is 7.95. The zero-order valence-electron chi connectivity index (χ0n) is 15.8. The minimum Gasteiger partial charge on any atom is -0.313 e. The summed E-state index contributed by atoms with van der Waals surface area (Å²) in [4.78, 5) is 17.4. The minimum atomic E-state index is -0.669. The van der Waals surface area contributed by atoms with Crippen LogP contribution in [-0.2, 0) is 4.84 Å². The molecule has 1 fully saturated rings. The second-order valence-electron chi connectivity index (χ2n) is 7.23. The highest BCUT2D eigenvalue weighted by Crippen LogP contribution is 2.49. The summed E-state index contributed by atoms with van der Waals surface area (Å²) in [7, 11) is 0. The summed E-state index contributed by atoms with van der Waals surface area (Å²) in [5.41, 5.74) is 3.90. The Morgan fingerprint density at radius 1 is 0.862 bits per heavy atom. The molecule has 0 aliphatic heterocycles. The van der Waals surface area contributed by atoms with Gasteiger partial charge in [0.2, 0.25) is 0 Å². The summed E-state index contributed by atoms with van der Waals surface area (Å²) in [6.45, 7) is 2.04. The summed E-state index contributed by atoms with van der Waals surface area (Å²) >= 11 is 0. The van der Waals surface area contributed by atoms with Gasteiger partial charge in [0.25, 0.3) is 0 Å². The molecule has 0 heterocycles. The van der Waals surface area contributed by atoms with Crippen LogP contribution in [0.15, 0.2) is 78.0 Å². The number of benzene rings is 3. The van der Waals surface area contributed by atoms with E-state index in [4.69, 9.17) is 4.84 Å². The molecule has 1 aliphatic rings. The van der Waals surface area contributed by atoms with E-state index in [0.717, 1.165) is 6.42 Å². The van der Waals surface area contributed by atoms with E-state index in [0.29, 0.717) is 11.3 Å². The smallest absolute Gasteiger partial charge is 0.313 e. The molecule has 0 spiro atoms. The number of oxime groups is 1. The van der Waals surface area contributed by atoms with Crippen LogP contribution >= 0.6 is 0 Å². The van der Waals surface area contributed by atoms with Gasteiger partial charge in [0.05, 0.1) is 11.3 Å². The molecule has 0 amide bonds. The topological polar surface area (TPSA) is 38.7 Å². The highest BCUT2D eigenvalue weighted by atomic mass is 19.1. The highest BCUT2D eigenvalue weighted by molar-refractivity contribution is 6.04. The first kappa shape index (κ1) is 19.0. The molecule has 0 N–H and O–H groups in total. The zero-order chi connectivity index (χ0) is 20.4. The summed E-state index contributed by atoms with van der Waals surface area (Å²) in [5, 5.41) is 4.13. The monoisotopic (exact) mass is 391 g/mol. The van der Waals surface area contributed by atoms with Gasteiger partial charge < -0.3 is 4.84 Å². The fraction of sp³-hybridized carbons (Fsp3) is 0.167. The van der Waals surface area contributed by atoms with Gasteiger partial charge in [0, 0.05) is 5.92 Å². The van der Waals surface area contributed by atoms with Gasteiger partial charge in [-0.25, -0.2) is 13.6 Å². The molecular weight excluding hydrogens is 372 g/mol. The average molecular weight is 391 g/mol. The Bertz CT molecular complexity index is 1040. The van der Waals surface area contributed by atoms with E-state index in [-0.39, 0.29) is 23.2 Å². The van der Waals surface area contributed by atoms with Gasteiger partial charge in [0.15, 0.2) is 0 Å². The predicted octanol–water partition coefficient (Wildman–Crippen LogP) is 5.64. The van der Waals surface area contributed by atoms with Crippen molar-refractivity contribution in [3.8, 4) is 0 Å². The van der Waals surface area contributed by atoms with Crippen molar-refractivity contribution in [2.75, 3.05) is 0 Å². The minimum absolute atomic E-state index is 0.0733. The Kier molecular flexibility index (Phi) is 5.21. The van der Waals surface area contributed by atoms with Crippen molar-refractivity contribution in [2.45, 2.75) is 19.3 Å². The Balaban J connectivity index is 1.58. The maximum absolute atomic E-state index is 13.4. The van der Waals surface area contributed by atoms with Crippen LogP contribution in [0.25, 0.3) is 0 Å². The fourth-order valence-electron chi connectivity index (χ4n) is 3.36. The summed E-state index contributed by atoms with van der Waals surface area (Å²) in [5.74, 6) is -1.11. The number of carbonyl (C=O) groups is 1. The van der Waals surface area contributed by atoms with E-state index in [1.54, 1.807) is 12.1 Å². The molecule has 0 bridgehead atoms. The van der Waals surface area contributed by atoms with Gasteiger partial charge in [-0.2, -0.15) is 0 Å². The molecule has 3 nitrogen and oxygen atoms in total. The van der Waals surface area contributed by atoms with Crippen molar-refractivity contribution >= 4 is 11.7 Å². The van der Waals surface area contributed by atoms with Gasteiger partial charge in [-0.1, -0.05) is 47.1 Å². The first-order valence-electron chi connectivity index (χ1n) is 9.38. The first-order valence-corrected chi connectivity index (χ1v) is 9.38. The lowest BCUT2D eigenvalue weighted by atomic mass is 10.0. The molecule has 4 rings (SSSR count). The third-order valence-electron chi connectivity index (χ3n) is 5.09. The van der Waals surface area contributed by atoms with Crippen LogP contribution in [0, 0.1) is 24.5 Å². The molecule has 3 aromatic carbocycles. The van der Waals surface area contributed by atoms with Gasteiger partial charge in [-0.3, -0.25) is 0 Å². The third kappa shape index (κ3) is 4.40. The Labute approximate surface area is 167 Å². The highest BCUT2D eigenvalue weighted by Gasteiger charge is 2.43. The normalized spacial score (nSPS) is 18.4. The van der Waals surface area contributed by atoms with Crippen LogP contribution in [0.4, 0.5) is 8.78 Å². The maximum Gasteiger partial charge on any atom is 0.365 e. The Hall–Kier alpha value is -3.34. The van der Waals surface area contributed by atoms with Crippen LogP contribution in [0.3, 0.4) is 0 Å². The fourth-order valence-corrected chi connectivity index (χ4v) is 3.36. The number of carbonyl (C=O) groups excluding carboxylic acids is 1. The van der Waals surface area contributed by atoms with Gasteiger partial charge in [-0.15, -0.1) is 0 Å². The van der Waals surface area contributed by atoms with E-state index in [2.05, 4.69) is 29.4 Å². The van der Waals surface area contributed by atoms with Crippen molar-refractivity contribution < 1.29 is 18.4 Å². The van der Waals surface area contributed by atoms with E-state index in [1.165, 1.54) is 47.5 Å². The molecule has 0 aromatic heterocycles. The molecule has 1 saturated carbocycles. The van der Waals surface area contributed by atoms with Gasteiger partial charge in [0.1, 0.15) is 11.6 Å². The Morgan fingerprint density at radius 2 is 1.41 bits per heavy atom. The van der Waals surface area contributed by atoms with Crippen molar-refractivity contribution in [1.82, 2.24) is 0 Å². The second-order valence-corrected chi connectivity index (χ2v) is 7.23. The van der Waals surface area contributed by atoms with Crippen molar-refractivity contribution in [3.05, 3.63) is 107 Å².